The summed E-state index contributed by atoms with van der Waals surface area (Å²) in [4.78, 5) is 2.21. The van der Waals surface area contributed by atoms with Gasteiger partial charge in [-0.25, -0.2) is 0 Å². The minimum atomic E-state index is 0.155. The second-order valence-corrected chi connectivity index (χ2v) is 9.21. The molecule has 1 nitrogen and oxygen atoms in total. The second-order valence-electron chi connectivity index (χ2n) is 8.76. The number of aliphatic hydroxyl groups excluding tert-OH is 1. The van der Waals surface area contributed by atoms with Gasteiger partial charge in [0.15, 0.2) is 0 Å². The summed E-state index contributed by atoms with van der Waals surface area (Å²) >= 11 is 3.58. The molecule has 2 fully saturated rings. The van der Waals surface area contributed by atoms with E-state index in [-0.39, 0.29) is 6.61 Å². The van der Waals surface area contributed by atoms with Crippen LogP contribution in [0.1, 0.15) is 99.3 Å². The van der Waals surface area contributed by atoms with E-state index in [9.17, 15) is 0 Å². The van der Waals surface area contributed by atoms with Gasteiger partial charge in [0, 0.05) is 0 Å². The molecule has 0 heterocycles. The van der Waals surface area contributed by atoms with E-state index < -0.39 is 0 Å². The van der Waals surface area contributed by atoms with Crippen molar-refractivity contribution in [1.29, 1.82) is 0 Å². The first kappa shape index (κ1) is 25.9. The Morgan fingerprint density at radius 3 is 2.42 bits per heavy atom. The molecule has 0 amide bonds. The van der Waals surface area contributed by atoms with E-state index in [4.69, 9.17) is 5.11 Å². The van der Waals surface area contributed by atoms with E-state index >= 15 is 0 Å². The summed E-state index contributed by atoms with van der Waals surface area (Å²) < 4.78 is 0. The highest BCUT2D eigenvalue weighted by molar-refractivity contribution is 9.11. The molecule has 0 saturated heterocycles. The summed E-state index contributed by atoms with van der Waals surface area (Å²) in [6.07, 6.45) is 11.7. The van der Waals surface area contributed by atoms with E-state index in [1.165, 1.54) is 51.4 Å². The van der Waals surface area contributed by atoms with Crippen LogP contribution in [0.15, 0.2) is 22.7 Å². The number of hydrogen-bond donors (Lipinski definition) is 1. The van der Waals surface area contributed by atoms with Crippen LogP contribution in [0.25, 0.3) is 0 Å². The largest absolute Gasteiger partial charge is 0.392 e. The molecule has 2 aliphatic carbocycles. The van der Waals surface area contributed by atoms with Gasteiger partial charge in [-0.3, -0.25) is 0 Å². The van der Waals surface area contributed by atoms with Gasteiger partial charge in [0.1, 0.15) is 0 Å². The van der Waals surface area contributed by atoms with Crippen LogP contribution in [-0.2, 0) is 0 Å². The first-order valence-electron chi connectivity index (χ1n) is 10.9. The van der Waals surface area contributed by atoms with E-state index in [2.05, 4.69) is 55.2 Å². The maximum absolute atomic E-state index is 8.99. The van der Waals surface area contributed by atoms with Crippen molar-refractivity contribution in [3.63, 3.8) is 0 Å². The lowest BCUT2D eigenvalue weighted by molar-refractivity contribution is 0.127. The zero-order valence-electron chi connectivity index (χ0n) is 18.4. The third-order valence-corrected chi connectivity index (χ3v) is 6.45. The van der Waals surface area contributed by atoms with Crippen LogP contribution in [-0.4, -0.2) is 11.7 Å². The Kier molecular flexibility index (Phi) is 14.0. The average molecular weight is 430 g/mol. The van der Waals surface area contributed by atoms with Crippen LogP contribution in [0.3, 0.4) is 0 Å². The van der Waals surface area contributed by atoms with Crippen molar-refractivity contribution < 1.29 is 5.11 Å². The molecule has 3 unspecified atom stereocenters. The number of hydrogen-bond acceptors (Lipinski definition) is 1. The van der Waals surface area contributed by atoms with Crippen molar-refractivity contribution in [2.45, 2.75) is 99.3 Å². The number of fused-ring (bicyclic) bond motifs is 1. The third-order valence-electron chi connectivity index (χ3n) is 5.86. The number of halogens is 1. The number of aliphatic hydroxyl groups is 1. The van der Waals surface area contributed by atoms with Gasteiger partial charge in [-0.15, -0.1) is 0 Å². The highest BCUT2D eigenvalue weighted by atomic mass is 79.9. The number of rotatable bonds is 6. The summed E-state index contributed by atoms with van der Waals surface area (Å²) in [5.74, 6) is 2.56. The predicted molar refractivity (Wildman–Crippen MR) is 122 cm³/mol. The van der Waals surface area contributed by atoms with Crippen LogP contribution >= 0.6 is 15.9 Å². The summed E-state index contributed by atoms with van der Waals surface area (Å²) in [5.41, 5.74) is 3.20. The molecule has 2 rings (SSSR count). The van der Waals surface area contributed by atoms with E-state index in [0.29, 0.717) is 5.41 Å². The zero-order valence-corrected chi connectivity index (χ0v) is 20.0. The van der Waals surface area contributed by atoms with Crippen LogP contribution < -0.4 is 0 Å². The van der Waals surface area contributed by atoms with Gasteiger partial charge < -0.3 is 5.11 Å². The highest BCUT2D eigenvalue weighted by Gasteiger charge is 2.48. The molecule has 0 spiro atoms. The second kappa shape index (κ2) is 14.0. The van der Waals surface area contributed by atoms with Gasteiger partial charge in [-0.2, -0.15) is 0 Å². The fourth-order valence-electron chi connectivity index (χ4n) is 4.60. The Morgan fingerprint density at radius 2 is 1.88 bits per heavy atom. The highest BCUT2D eigenvalue weighted by Crippen LogP contribution is 2.58. The van der Waals surface area contributed by atoms with Crippen molar-refractivity contribution in [1.82, 2.24) is 0 Å². The summed E-state index contributed by atoms with van der Waals surface area (Å²) in [6.45, 7) is 17.1. The lowest BCUT2D eigenvalue weighted by Crippen LogP contribution is -2.33. The van der Waals surface area contributed by atoms with E-state index in [1.807, 2.05) is 13.8 Å². The molecule has 3 atom stereocenters. The Morgan fingerprint density at radius 1 is 1.27 bits per heavy atom. The topological polar surface area (TPSA) is 20.2 Å². The van der Waals surface area contributed by atoms with Crippen LogP contribution in [0.5, 0.6) is 0 Å². The van der Waals surface area contributed by atoms with Gasteiger partial charge >= 0.3 is 0 Å². The molecular formula is C24H45BrO. The van der Waals surface area contributed by atoms with Crippen LogP contribution in [0.2, 0.25) is 0 Å². The normalized spacial score (nSPS) is 28.7. The van der Waals surface area contributed by atoms with E-state index in [0.717, 1.165) is 29.7 Å². The fraction of sp³-hybridized carbons (Fsp3) is 0.833. The van der Waals surface area contributed by atoms with Crippen LogP contribution in [0.4, 0.5) is 0 Å². The molecule has 2 aliphatic rings. The zero-order chi connectivity index (χ0) is 20.2. The van der Waals surface area contributed by atoms with Gasteiger partial charge in [-0.05, 0) is 79.5 Å². The maximum atomic E-state index is 8.99. The molecule has 26 heavy (non-hydrogen) atoms. The summed E-state index contributed by atoms with van der Waals surface area (Å²) in [5, 5.41) is 8.99. The van der Waals surface area contributed by atoms with Crippen molar-refractivity contribution in [3.05, 3.63) is 22.7 Å². The smallest absolute Gasteiger partial charge is 0.0639 e. The Hall–Kier alpha value is -0.0800. The van der Waals surface area contributed by atoms with E-state index in [1.54, 1.807) is 5.57 Å². The molecule has 154 valence electrons. The van der Waals surface area contributed by atoms with Crippen molar-refractivity contribution >= 4 is 15.9 Å². The standard InChI is InChI=1S/C18H29BrO.C4H10.C2H6/c1-14(13-20)6-3-4-8-16-9-10-17-15(12-19)7-5-11-18(16,17)2;1-4(2)3;1-2/h12,16-17,20H,1,3-11,13H2,2H3;4H,1-3H3;1-2H3/b15-12+;;. The minimum Gasteiger partial charge on any atom is -0.392 e. The number of unbranched alkanes of at least 4 members (excludes halogenated alkanes) is 1. The fourth-order valence-corrected chi connectivity index (χ4v) is 5.14. The molecule has 0 aromatic rings. The van der Waals surface area contributed by atoms with Crippen molar-refractivity contribution in [2.75, 3.05) is 6.61 Å². The molecular weight excluding hydrogens is 384 g/mol. The molecule has 0 aliphatic heterocycles. The lowest BCUT2D eigenvalue weighted by atomic mass is 9.63. The van der Waals surface area contributed by atoms with Gasteiger partial charge in [0.05, 0.1) is 6.61 Å². The molecule has 0 bridgehead atoms. The predicted octanol–water partition coefficient (Wildman–Crippen LogP) is 8.28. The molecule has 0 radical (unpaired) electrons. The first-order valence-corrected chi connectivity index (χ1v) is 11.8. The van der Waals surface area contributed by atoms with Gasteiger partial charge in [-0.1, -0.05) is 81.6 Å². The molecule has 0 aromatic heterocycles. The Labute approximate surface area is 172 Å². The van der Waals surface area contributed by atoms with Gasteiger partial charge in [0.25, 0.3) is 0 Å². The summed E-state index contributed by atoms with van der Waals surface area (Å²) in [6, 6.07) is 0. The number of allylic oxidation sites excluding steroid dienone is 1. The van der Waals surface area contributed by atoms with Crippen LogP contribution in [0, 0.1) is 23.2 Å². The summed E-state index contributed by atoms with van der Waals surface area (Å²) in [7, 11) is 0. The first-order chi connectivity index (χ1) is 12.3. The minimum absolute atomic E-state index is 0.155. The molecule has 2 saturated carbocycles. The molecule has 2 heteroatoms. The lowest BCUT2D eigenvalue weighted by Gasteiger charge is -2.42. The Bertz CT molecular complexity index is 410. The SMILES string of the molecule is C=C(CO)CCCCC1CCC2/C(=C/Br)CCCC12C.CC.CC(C)C. The Balaban J connectivity index is 0.000000920. The monoisotopic (exact) mass is 428 g/mol. The third kappa shape index (κ3) is 8.30. The molecule has 0 aromatic carbocycles. The van der Waals surface area contributed by atoms with Crippen molar-refractivity contribution in [3.8, 4) is 0 Å². The molecule has 1 N–H and O–H groups in total. The van der Waals surface area contributed by atoms with Gasteiger partial charge in [0.2, 0.25) is 0 Å². The van der Waals surface area contributed by atoms with Crippen molar-refractivity contribution in [2.24, 2.45) is 23.2 Å². The average Bonchev–Trinajstić information content (AvgIpc) is 2.96. The maximum Gasteiger partial charge on any atom is 0.0639 e. The quantitative estimate of drug-likeness (QED) is 0.333.